The molecule has 0 bridgehead atoms. The first-order chi connectivity index (χ1) is 7.31. The molecular formula is C13H28O2. The van der Waals surface area contributed by atoms with Crippen molar-refractivity contribution in [3.8, 4) is 0 Å². The molecule has 0 fully saturated rings. The van der Waals surface area contributed by atoms with E-state index in [1.54, 1.807) is 0 Å². The van der Waals surface area contributed by atoms with Crippen LogP contribution < -0.4 is 0 Å². The summed E-state index contributed by atoms with van der Waals surface area (Å²) in [6.07, 6.45) is 12.1. The third-order valence-electron chi connectivity index (χ3n) is 2.91. The fraction of sp³-hybridized carbons (Fsp3) is 1.00. The van der Waals surface area contributed by atoms with E-state index in [2.05, 4.69) is 18.7 Å². The second-order valence-corrected chi connectivity index (χ2v) is 4.66. The molecule has 0 heterocycles. The van der Waals surface area contributed by atoms with E-state index in [4.69, 9.17) is 5.26 Å². The van der Waals surface area contributed by atoms with E-state index >= 15 is 0 Å². The molecule has 15 heavy (non-hydrogen) atoms. The van der Waals surface area contributed by atoms with Gasteiger partial charge in [-0.2, -0.15) is 0 Å². The first kappa shape index (κ1) is 14.9. The molecule has 1 atom stereocenters. The lowest BCUT2D eigenvalue weighted by Crippen LogP contribution is -2.03. The van der Waals surface area contributed by atoms with Gasteiger partial charge in [0.2, 0.25) is 0 Å². The van der Waals surface area contributed by atoms with Crippen molar-refractivity contribution < 1.29 is 10.1 Å². The second kappa shape index (κ2) is 12.0. The maximum Gasteiger partial charge on any atom is 0.0845 e. The van der Waals surface area contributed by atoms with Gasteiger partial charge in [-0.25, -0.2) is 4.89 Å². The van der Waals surface area contributed by atoms with Gasteiger partial charge in [0.05, 0.1) is 6.61 Å². The van der Waals surface area contributed by atoms with Crippen molar-refractivity contribution in [3.63, 3.8) is 0 Å². The summed E-state index contributed by atoms with van der Waals surface area (Å²) >= 11 is 0. The minimum absolute atomic E-state index is 0.483. The van der Waals surface area contributed by atoms with Gasteiger partial charge in [0.15, 0.2) is 0 Å². The molecule has 0 aromatic rings. The number of rotatable bonds is 11. The summed E-state index contributed by atoms with van der Waals surface area (Å²) in [6, 6.07) is 0. The molecule has 0 aromatic heterocycles. The van der Waals surface area contributed by atoms with Crippen molar-refractivity contribution in [3.05, 3.63) is 0 Å². The van der Waals surface area contributed by atoms with Gasteiger partial charge in [-0.1, -0.05) is 65.2 Å². The average Bonchev–Trinajstić information content (AvgIpc) is 2.22. The smallest absolute Gasteiger partial charge is 0.0845 e. The van der Waals surface area contributed by atoms with Crippen LogP contribution in [0.15, 0.2) is 0 Å². The van der Waals surface area contributed by atoms with Gasteiger partial charge >= 0.3 is 0 Å². The molecule has 0 rings (SSSR count). The second-order valence-electron chi connectivity index (χ2n) is 4.66. The Bertz CT molecular complexity index is 115. The van der Waals surface area contributed by atoms with E-state index in [0.29, 0.717) is 12.5 Å². The summed E-state index contributed by atoms with van der Waals surface area (Å²) in [5.41, 5.74) is 0. The highest BCUT2D eigenvalue weighted by Crippen LogP contribution is 2.12. The van der Waals surface area contributed by atoms with Crippen LogP contribution in [0.4, 0.5) is 0 Å². The van der Waals surface area contributed by atoms with Crippen LogP contribution in [0, 0.1) is 5.92 Å². The fourth-order valence-electron chi connectivity index (χ4n) is 1.84. The lowest BCUT2D eigenvalue weighted by atomic mass is 10.0. The van der Waals surface area contributed by atoms with E-state index in [1.165, 1.54) is 57.8 Å². The summed E-state index contributed by atoms with van der Waals surface area (Å²) in [5, 5.41) is 8.26. The Hall–Kier alpha value is -0.0800. The van der Waals surface area contributed by atoms with Crippen molar-refractivity contribution in [1.82, 2.24) is 0 Å². The Morgan fingerprint density at radius 3 is 2.00 bits per heavy atom. The zero-order valence-corrected chi connectivity index (χ0v) is 10.5. The number of hydrogen-bond acceptors (Lipinski definition) is 2. The third kappa shape index (κ3) is 11.8. The lowest BCUT2D eigenvalue weighted by Gasteiger charge is -2.08. The van der Waals surface area contributed by atoms with E-state index < -0.39 is 0 Å². The highest BCUT2D eigenvalue weighted by molar-refractivity contribution is 4.52. The van der Waals surface area contributed by atoms with Crippen LogP contribution in [-0.4, -0.2) is 11.9 Å². The van der Waals surface area contributed by atoms with Crippen LogP contribution in [0.25, 0.3) is 0 Å². The highest BCUT2D eigenvalue weighted by Gasteiger charge is 2.01. The molecule has 0 radical (unpaired) electrons. The molecule has 0 aliphatic heterocycles. The summed E-state index contributed by atoms with van der Waals surface area (Å²) in [5.74, 6) is 0.495. The van der Waals surface area contributed by atoms with Crippen LogP contribution in [0.2, 0.25) is 0 Å². The van der Waals surface area contributed by atoms with Gasteiger partial charge in [0, 0.05) is 0 Å². The van der Waals surface area contributed by atoms with E-state index in [0.717, 1.165) is 0 Å². The van der Waals surface area contributed by atoms with Crippen LogP contribution >= 0.6 is 0 Å². The Kier molecular flexibility index (Phi) is 11.9. The zero-order chi connectivity index (χ0) is 11.4. The quantitative estimate of drug-likeness (QED) is 0.309. The lowest BCUT2D eigenvalue weighted by molar-refractivity contribution is -0.250. The maximum absolute atomic E-state index is 8.26. The van der Waals surface area contributed by atoms with Crippen LogP contribution in [0.1, 0.15) is 71.6 Å². The molecule has 0 aromatic carbocycles. The zero-order valence-electron chi connectivity index (χ0n) is 10.5. The summed E-state index contributed by atoms with van der Waals surface area (Å²) < 4.78 is 0. The summed E-state index contributed by atoms with van der Waals surface area (Å²) in [6.45, 7) is 4.86. The fourth-order valence-corrected chi connectivity index (χ4v) is 1.84. The number of unbranched alkanes of at least 4 members (excludes halogenated alkanes) is 7. The van der Waals surface area contributed by atoms with Crippen molar-refractivity contribution in [2.75, 3.05) is 6.61 Å². The molecule has 2 nitrogen and oxygen atoms in total. The Labute approximate surface area is 95.0 Å². The molecule has 0 spiro atoms. The van der Waals surface area contributed by atoms with Crippen LogP contribution in [-0.2, 0) is 4.89 Å². The topological polar surface area (TPSA) is 29.5 Å². The van der Waals surface area contributed by atoms with E-state index in [9.17, 15) is 0 Å². The van der Waals surface area contributed by atoms with Gasteiger partial charge < -0.3 is 0 Å². The largest absolute Gasteiger partial charge is 0.252 e. The minimum atomic E-state index is 0.483. The van der Waals surface area contributed by atoms with Crippen LogP contribution in [0.5, 0.6) is 0 Å². The maximum atomic E-state index is 8.26. The summed E-state index contributed by atoms with van der Waals surface area (Å²) in [7, 11) is 0. The summed E-state index contributed by atoms with van der Waals surface area (Å²) in [4.78, 5) is 4.13. The van der Waals surface area contributed by atoms with Gasteiger partial charge in [0.25, 0.3) is 0 Å². The molecule has 0 aliphatic rings. The van der Waals surface area contributed by atoms with Gasteiger partial charge in [-0.05, 0) is 12.3 Å². The first-order valence-electron chi connectivity index (χ1n) is 6.57. The predicted octanol–water partition coefficient (Wildman–Crippen LogP) is 4.64. The van der Waals surface area contributed by atoms with Crippen molar-refractivity contribution in [2.24, 2.45) is 5.92 Å². The Morgan fingerprint density at radius 2 is 1.47 bits per heavy atom. The van der Waals surface area contributed by atoms with E-state index in [-0.39, 0.29) is 0 Å². The predicted molar refractivity (Wildman–Crippen MR) is 65.0 cm³/mol. The molecule has 0 saturated carbocycles. The minimum Gasteiger partial charge on any atom is -0.252 e. The molecule has 1 N–H and O–H groups in total. The van der Waals surface area contributed by atoms with Crippen molar-refractivity contribution >= 4 is 0 Å². The van der Waals surface area contributed by atoms with Gasteiger partial charge in [0.1, 0.15) is 0 Å². The third-order valence-corrected chi connectivity index (χ3v) is 2.91. The Morgan fingerprint density at radius 1 is 0.933 bits per heavy atom. The van der Waals surface area contributed by atoms with Crippen LogP contribution in [0.3, 0.4) is 0 Å². The SMILES string of the molecule is CCCCCCCCCCC(C)COO. The highest BCUT2D eigenvalue weighted by atomic mass is 17.1. The number of hydrogen-bond donors (Lipinski definition) is 1. The van der Waals surface area contributed by atoms with Gasteiger partial charge in [-0.15, -0.1) is 0 Å². The van der Waals surface area contributed by atoms with E-state index in [1.807, 2.05) is 0 Å². The van der Waals surface area contributed by atoms with Crippen molar-refractivity contribution in [1.29, 1.82) is 0 Å². The molecular weight excluding hydrogens is 188 g/mol. The molecule has 0 amide bonds. The first-order valence-corrected chi connectivity index (χ1v) is 6.57. The monoisotopic (exact) mass is 216 g/mol. The normalized spacial score (nSPS) is 13.0. The average molecular weight is 216 g/mol. The molecule has 92 valence electrons. The molecule has 1 unspecified atom stereocenters. The molecule has 0 saturated heterocycles. The standard InChI is InChI=1S/C13H28O2/c1-3-4-5-6-7-8-9-10-11-13(2)12-15-14/h13-14H,3-12H2,1-2H3. The van der Waals surface area contributed by atoms with Crippen molar-refractivity contribution in [2.45, 2.75) is 71.6 Å². The molecule has 0 aliphatic carbocycles. The molecule has 2 heteroatoms. The Balaban J connectivity index is 2.98. The van der Waals surface area contributed by atoms with Gasteiger partial charge in [-0.3, -0.25) is 5.26 Å².